The summed E-state index contributed by atoms with van der Waals surface area (Å²) in [6.45, 7) is 3.36. The molecule has 0 spiro atoms. The minimum absolute atomic E-state index is 1.15. The fourth-order valence-corrected chi connectivity index (χ4v) is 0.924. The van der Waals surface area contributed by atoms with E-state index in [9.17, 15) is 17.3 Å². The highest BCUT2D eigenvalue weighted by atomic mass is 19.5. The molecule has 0 aliphatic rings. The molecule has 0 radical (unpaired) electrons. The van der Waals surface area contributed by atoms with Crippen LogP contribution in [0.15, 0.2) is 30.6 Å². The number of pyridine rings is 1. The van der Waals surface area contributed by atoms with Gasteiger partial charge in [-0.05, 0) is 0 Å². The zero-order chi connectivity index (χ0) is 11.7. The van der Waals surface area contributed by atoms with Crippen LogP contribution >= 0.6 is 0 Å². The Kier molecular flexibility index (Phi) is 6.74. The van der Waals surface area contributed by atoms with Crippen molar-refractivity contribution in [1.82, 2.24) is 0 Å². The average Bonchev–Trinajstić information content (AvgIpc) is 2.14. The van der Waals surface area contributed by atoms with E-state index in [-0.39, 0.29) is 0 Å². The average molecular weight is 223 g/mol. The van der Waals surface area contributed by atoms with E-state index in [0.29, 0.717) is 0 Å². The van der Waals surface area contributed by atoms with Crippen LogP contribution in [-0.4, -0.2) is 7.25 Å². The normalized spacial score (nSPS) is 10.5. The Hall–Kier alpha value is -1.07. The van der Waals surface area contributed by atoms with Crippen LogP contribution in [0.5, 0.6) is 0 Å². The summed E-state index contributed by atoms with van der Waals surface area (Å²) in [5.41, 5.74) is 0. The maximum absolute atomic E-state index is 9.75. The third-order valence-electron chi connectivity index (χ3n) is 1.55. The molecule has 0 aliphatic carbocycles. The van der Waals surface area contributed by atoms with Crippen LogP contribution in [0.25, 0.3) is 0 Å². The van der Waals surface area contributed by atoms with Gasteiger partial charge in [-0.15, -0.1) is 0 Å². The highest BCUT2D eigenvalue weighted by Crippen LogP contribution is 2.06. The van der Waals surface area contributed by atoms with Crippen LogP contribution in [0.3, 0.4) is 0 Å². The molecule has 1 aromatic heterocycles. The topological polar surface area (TPSA) is 3.88 Å². The largest absolute Gasteiger partial charge is 0.673 e. The summed E-state index contributed by atoms with van der Waals surface area (Å²) in [5, 5.41) is 0. The van der Waals surface area contributed by atoms with Crippen molar-refractivity contribution in [3.05, 3.63) is 30.6 Å². The van der Waals surface area contributed by atoms with E-state index in [4.69, 9.17) is 0 Å². The fraction of sp³-hybridized carbons (Fsp3) is 0.444. The lowest BCUT2D eigenvalue weighted by atomic mass is 10.3. The van der Waals surface area contributed by atoms with Crippen LogP contribution in [0, 0.1) is 0 Å². The van der Waals surface area contributed by atoms with Crippen LogP contribution in [0.4, 0.5) is 17.3 Å². The molecule has 0 saturated heterocycles. The zero-order valence-electron chi connectivity index (χ0n) is 8.54. The molecular weight excluding hydrogens is 209 g/mol. The molecular formula is C9H14BF4N. The molecule has 0 aliphatic heterocycles. The van der Waals surface area contributed by atoms with E-state index in [1.807, 2.05) is 6.07 Å². The van der Waals surface area contributed by atoms with Crippen LogP contribution in [-0.2, 0) is 6.54 Å². The predicted octanol–water partition coefficient (Wildman–Crippen LogP) is 3.07. The minimum Gasteiger partial charge on any atom is -0.418 e. The molecule has 1 heterocycles. The molecule has 1 aromatic rings. The Morgan fingerprint density at radius 1 is 1.00 bits per heavy atom. The van der Waals surface area contributed by atoms with Gasteiger partial charge in [0.15, 0.2) is 12.4 Å². The number of nitrogens with zero attached hydrogens (tertiary/aromatic N) is 1. The molecule has 0 fully saturated rings. The monoisotopic (exact) mass is 223 g/mol. The van der Waals surface area contributed by atoms with Gasteiger partial charge in [-0.3, -0.25) is 0 Å². The van der Waals surface area contributed by atoms with E-state index in [2.05, 4.69) is 36.0 Å². The van der Waals surface area contributed by atoms with Crippen LogP contribution in [0.1, 0.15) is 19.8 Å². The Bertz CT molecular complexity index is 244. The SMILES string of the molecule is CCCC[n+]1ccccc1.F[B-](F)(F)F. The summed E-state index contributed by atoms with van der Waals surface area (Å²) in [5.74, 6) is 0. The van der Waals surface area contributed by atoms with E-state index in [1.165, 1.54) is 12.8 Å². The van der Waals surface area contributed by atoms with E-state index < -0.39 is 7.25 Å². The van der Waals surface area contributed by atoms with Crippen molar-refractivity contribution in [1.29, 1.82) is 0 Å². The first-order valence-electron chi connectivity index (χ1n) is 4.75. The van der Waals surface area contributed by atoms with Crippen LogP contribution < -0.4 is 4.57 Å². The van der Waals surface area contributed by atoms with E-state index >= 15 is 0 Å². The summed E-state index contributed by atoms with van der Waals surface area (Å²) in [6.07, 6.45) is 6.75. The van der Waals surface area contributed by atoms with Gasteiger partial charge >= 0.3 is 7.25 Å². The van der Waals surface area contributed by atoms with Gasteiger partial charge in [0.25, 0.3) is 0 Å². The van der Waals surface area contributed by atoms with Crippen molar-refractivity contribution in [2.24, 2.45) is 0 Å². The number of halogens is 4. The third-order valence-corrected chi connectivity index (χ3v) is 1.55. The van der Waals surface area contributed by atoms with Gasteiger partial charge in [0.1, 0.15) is 6.54 Å². The Morgan fingerprint density at radius 3 is 1.87 bits per heavy atom. The number of aromatic nitrogens is 1. The maximum atomic E-state index is 9.75. The summed E-state index contributed by atoms with van der Waals surface area (Å²) in [4.78, 5) is 0. The first-order chi connectivity index (χ1) is 6.93. The minimum atomic E-state index is -6.00. The maximum Gasteiger partial charge on any atom is 0.673 e. The van der Waals surface area contributed by atoms with Crippen molar-refractivity contribution in [3.63, 3.8) is 0 Å². The molecule has 1 rings (SSSR count). The second-order valence-electron chi connectivity index (χ2n) is 2.96. The van der Waals surface area contributed by atoms with Gasteiger partial charge < -0.3 is 17.3 Å². The highest BCUT2D eigenvalue weighted by molar-refractivity contribution is 6.50. The summed E-state index contributed by atoms with van der Waals surface area (Å²) >= 11 is 0. The molecule has 1 nitrogen and oxygen atoms in total. The number of hydrogen-bond donors (Lipinski definition) is 0. The lowest BCUT2D eigenvalue weighted by Gasteiger charge is -1.94. The Balaban J connectivity index is 0.000000336. The first-order valence-corrected chi connectivity index (χ1v) is 4.75. The van der Waals surface area contributed by atoms with Gasteiger partial charge in [-0.25, -0.2) is 4.57 Å². The first kappa shape index (κ1) is 13.9. The third kappa shape index (κ3) is 12.9. The van der Waals surface area contributed by atoms with Crippen molar-refractivity contribution >= 4 is 7.25 Å². The van der Waals surface area contributed by atoms with Gasteiger partial charge in [0.2, 0.25) is 0 Å². The highest BCUT2D eigenvalue weighted by Gasteiger charge is 2.20. The molecule has 15 heavy (non-hydrogen) atoms. The van der Waals surface area contributed by atoms with Gasteiger partial charge in [0, 0.05) is 18.6 Å². The molecule has 6 heteroatoms. The Labute approximate surface area is 86.8 Å². The molecule has 0 atom stereocenters. The standard InChI is InChI=1S/C9H14N.BF4/c1-2-3-7-10-8-5-4-6-9-10;2-1(3,4)5/h4-6,8-9H,2-3,7H2,1H3;/q+1;-1. The molecule has 0 N–H and O–H groups in total. The molecule has 86 valence electrons. The summed E-state index contributed by atoms with van der Waals surface area (Å²) in [6, 6.07) is 6.17. The molecule has 0 unspecified atom stereocenters. The van der Waals surface area contributed by atoms with Gasteiger partial charge in [-0.1, -0.05) is 19.4 Å². The number of unbranched alkanes of at least 4 members (excludes halogenated alkanes) is 1. The second-order valence-corrected chi connectivity index (χ2v) is 2.96. The van der Waals surface area contributed by atoms with Crippen molar-refractivity contribution in [2.45, 2.75) is 26.3 Å². The predicted molar refractivity (Wildman–Crippen MR) is 51.7 cm³/mol. The van der Waals surface area contributed by atoms with Crippen LogP contribution in [0.2, 0.25) is 0 Å². The second kappa shape index (κ2) is 7.26. The number of rotatable bonds is 3. The van der Waals surface area contributed by atoms with Gasteiger partial charge in [-0.2, -0.15) is 0 Å². The quantitative estimate of drug-likeness (QED) is 0.421. The summed E-state index contributed by atoms with van der Waals surface area (Å²) < 4.78 is 41.2. The molecule has 0 aromatic carbocycles. The van der Waals surface area contributed by atoms with E-state index in [0.717, 1.165) is 6.54 Å². The van der Waals surface area contributed by atoms with Crippen molar-refractivity contribution < 1.29 is 21.8 Å². The molecule has 0 saturated carbocycles. The van der Waals surface area contributed by atoms with E-state index in [1.54, 1.807) is 0 Å². The lowest BCUT2D eigenvalue weighted by Crippen LogP contribution is -2.31. The molecule has 0 bridgehead atoms. The number of aryl methyl sites for hydroxylation is 1. The van der Waals surface area contributed by atoms with Crippen molar-refractivity contribution in [2.75, 3.05) is 0 Å². The molecule has 0 amide bonds. The lowest BCUT2D eigenvalue weighted by molar-refractivity contribution is -0.697. The Morgan fingerprint density at radius 2 is 1.47 bits per heavy atom. The number of hydrogen-bond acceptors (Lipinski definition) is 0. The van der Waals surface area contributed by atoms with Crippen molar-refractivity contribution in [3.8, 4) is 0 Å². The fourth-order valence-electron chi connectivity index (χ4n) is 0.924. The smallest absolute Gasteiger partial charge is 0.418 e. The van der Waals surface area contributed by atoms with Gasteiger partial charge in [0.05, 0.1) is 0 Å². The zero-order valence-corrected chi connectivity index (χ0v) is 8.54. The summed E-state index contributed by atoms with van der Waals surface area (Å²) in [7, 11) is -6.00.